The van der Waals surface area contributed by atoms with Gasteiger partial charge >= 0.3 is 0 Å². The fourth-order valence-electron chi connectivity index (χ4n) is 2.11. The molecular weight excluding hydrogens is 266 g/mol. The SMILES string of the molecule is Nc1ccc2ncn(CCOc3ccccc3)c(=O)c2c1. The number of nitrogens with two attached hydrogens (primary N) is 1. The van der Waals surface area contributed by atoms with Crippen molar-refractivity contribution >= 4 is 16.6 Å². The Morgan fingerprint density at radius 1 is 1.14 bits per heavy atom. The summed E-state index contributed by atoms with van der Waals surface area (Å²) in [6, 6.07) is 14.6. The van der Waals surface area contributed by atoms with Crippen molar-refractivity contribution in [2.45, 2.75) is 6.54 Å². The van der Waals surface area contributed by atoms with E-state index < -0.39 is 0 Å². The molecule has 5 nitrogen and oxygen atoms in total. The second-order valence-electron chi connectivity index (χ2n) is 4.68. The van der Waals surface area contributed by atoms with Gasteiger partial charge in [-0.1, -0.05) is 18.2 Å². The molecular formula is C16H15N3O2. The minimum atomic E-state index is -0.107. The van der Waals surface area contributed by atoms with E-state index in [2.05, 4.69) is 4.98 Å². The number of benzene rings is 2. The zero-order valence-electron chi connectivity index (χ0n) is 11.4. The quantitative estimate of drug-likeness (QED) is 0.743. The number of nitrogen functional groups attached to an aromatic ring is 1. The van der Waals surface area contributed by atoms with Crippen molar-refractivity contribution in [2.24, 2.45) is 0 Å². The van der Waals surface area contributed by atoms with E-state index in [1.807, 2.05) is 30.3 Å². The molecule has 0 unspecified atom stereocenters. The molecule has 3 rings (SSSR count). The molecule has 3 aromatic rings. The third kappa shape index (κ3) is 2.86. The van der Waals surface area contributed by atoms with E-state index in [0.717, 1.165) is 5.75 Å². The lowest BCUT2D eigenvalue weighted by molar-refractivity contribution is 0.296. The molecule has 0 aliphatic carbocycles. The molecule has 2 N–H and O–H groups in total. The maximum Gasteiger partial charge on any atom is 0.261 e. The largest absolute Gasteiger partial charge is 0.492 e. The predicted molar refractivity (Wildman–Crippen MR) is 82.4 cm³/mol. The average molecular weight is 281 g/mol. The number of aromatic nitrogens is 2. The van der Waals surface area contributed by atoms with Crippen LogP contribution in [0.25, 0.3) is 10.9 Å². The molecule has 0 fully saturated rings. The molecule has 5 heteroatoms. The lowest BCUT2D eigenvalue weighted by Gasteiger charge is -2.08. The number of hydrogen-bond donors (Lipinski definition) is 1. The zero-order chi connectivity index (χ0) is 14.7. The monoisotopic (exact) mass is 281 g/mol. The van der Waals surface area contributed by atoms with Crippen LogP contribution in [0.2, 0.25) is 0 Å². The lowest BCUT2D eigenvalue weighted by atomic mass is 10.2. The highest BCUT2D eigenvalue weighted by atomic mass is 16.5. The molecule has 21 heavy (non-hydrogen) atoms. The van der Waals surface area contributed by atoms with Crippen LogP contribution in [0.5, 0.6) is 5.75 Å². The summed E-state index contributed by atoms with van der Waals surface area (Å²) in [7, 11) is 0. The highest BCUT2D eigenvalue weighted by Gasteiger charge is 2.04. The summed E-state index contributed by atoms with van der Waals surface area (Å²) >= 11 is 0. The first kappa shape index (κ1) is 13.2. The number of anilines is 1. The van der Waals surface area contributed by atoms with Crippen molar-refractivity contribution in [3.63, 3.8) is 0 Å². The number of rotatable bonds is 4. The van der Waals surface area contributed by atoms with Crippen LogP contribution in [0, 0.1) is 0 Å². The minimum absolute atomic E-state index is 0.107. The van der Waals surface area contributed by atoms with Crippen molar-refractivity contribution in [2.75, 3.05) is 12.3 Å². The van der Waals surface area contributed by atoms with Crippen molar-refractivity contribution in [1.29, 1.82) is 0 Å². The van der Waals surface area contributed by atoms with Gasteiger partial charge in [0.2, 0.25) is 0 Å². The molecule has 0 aliphatic rings. The smallest absolute Gasteiger partial charge is 0.261 e. The van der Waals surface area contributed by atoms with Crippen LogP contribution in [-0.2, 0) is 6.54 Å². The molecule has 2 aromatic carbocycles. The number of fused-ring (bicyclic) bond motifs is 1. The van der Waals surface area contributed by atoms with Gasteiger partial charge in [-0.2, -0.15) is 0 Å². The Bertz CT molecular complexity index is 813. The summed E-state index contributed by atoms with van der Waals surface area (Å²) in [5, 5.41) is 0.525. The van der Waals surface area contributed by atoms with Crippen LogP contribution in [0.1, 0.15) is 0 Å². The van der Waals surface area contributed by atoms with E-state index in [1.165, 1.54) is 10.9 Å². The third-order valence-electron chi connectivity index (χ3n) is 3.19. The molecule has 0 bridgehead atoms. The van der Waals surface area contributed by atoms with Gasteiger partial charge in [-0.3, -0.25) is 9.36 Å². The van der Waals surface area contributed by atoms with Gasteiger partial charge in [0, 0.05) is 5.69 Å². The van der Waals surface area contributed by atoms with Crippen molar-refractivity contribution in [3.8, 4) is 5.75 Å². The maximum atomic E-state index is 12.3. The van der Waals surface area contributed by atoms with Gasteiger partial charge in [0.05, 0.1) is 23.8 Å². The zero-order valence-corrected chi connectivity index (χ0v) is 11.4. The Hall–Kier alpha value is -2.82. The Balaban J connectivity index is 1.78. The van der Waals surface area contributed by atoms with E-state index in [9.17, 15) is 4.79 Å². The van der Waals surface area contributed by atoms with Gasteiger partial charge in [-0.15, -0.1) is 0 Å². The maximum absolute atomic E-state index is 12.3. The summed E-state index contributed by atoms with van der Waals surface area (Å²) < 4.78 is 7.12. The van der Waals surface area contributed by atoms with Gasteiger partial charge in [0.1, 0.15) is 12.4 Å². The fourth-order valence-corrected chi connectivity index (χ4v) is 2.11. The molecule has 106 valence electrons. The van der Waals surface area contributed by atoms with Crippen LogP contribution in [0.4, 0.5) is 5.69 Å². The standard InChI is InChI=1S/C16H15N3O2/c17-12-6-7-15-14(10-12)16(20)19(11-18-15)8-9-21-13-4-2-1-3-5-13/h1-7,10-11H,8-9,17H2. The summed E-state index contributed by atoms with van der Waals surface area (Å²) in [6.45, 7) is 0.838. The van der Waals surface area contributed by atoms with Gasteiger partial charge in [-0.25, -0.2) is 4.98 Å². The summed E-state index contributed by atoms with van der Waals surface area (Å²) in [6.07, 6.45) is 1.54. The number of nitrogens with zero attached hydrogens (tertiary/aromatic N) is 2. The normalized spacial score (nSPS) is 10.7. The third-order valence-corrected chi connectivity index (χ3v) is 3.19. The Morgan fingerprint density at radius 3 is 2.76 bits per heavy atom. The molecule has 0 radical (unpaired) electrons. The Kier molecular flexibility index (Phi) is 3.55. The van der Waals surface area contributed by atoms with Crippen LogP contribution >= 0.6 is 0 Å². The first-order chi connectivity index (χ1) is 10.2. The molecule has 1 heterocycles. The van der Waals surface area contributed by atoms with E-state index in [0.29, 0.717) is 29.7 Å². The highest BCUT2D eigenvalue weighted by molar-refractivity contribution is 5.80. The second kappa shape index (κ2) is 5.66. The van der Waals surface area contributed by atoms with Crippen molar-refractivity contribution in [1.82, 2.24) is 9.55 Å². The topological polar surface area (TPSA) is 70.1 Å². The second-order valence-corrected chi connectivity index (χ2v) is 4.68. The number of hydrogen-bond acceptors (Lipinski definition) is 4. The van der Waals surface area contributed by atoms with Crippen LogP contribution in [0.3, 0.4) is 0 Å². The molecule has 0 saturated heterocycles. The molecule has 0 saturated carbocycles. The fraction of sp³-hybridized carbons (Fsp3) is 0.125. The van der Waals surface area contributed by atoms with Crippen molar-refractivity contribution in [3.05, 3.63) is 65.2 Å². The van der Waals surface area contributed by atoms with Gasteiger partial charge < -0.3 is 10.5 Å². The molecule has 1 aromatic heterocycles. The summed E-state index contributed by atoms with van der Waals surface area (Å²) in [4.78, 5) is 16.6. The van der Waals surface area contributed by atoms with Crippen LogP contribution < -0.4 is 16.0 Å². The van der Waals surface area contributed by atoms with Gasteiger partial charge in [-0.05, 0) is 30.3 Å². The van der Waals surface area contributed by atoms with Crippen LogP contribution in [0.15, 0.2) is 59.7 Å². The first-order valence-electron chi connectivity index (χ1n) is 6.66. The number of para-hydroxylation sites is 1. The van der Waals surface area contributed by atoms with Gasteiger partial charge in [0.25, 0.3) is 5.56 Å². The average Bonchev–Trinajstić information content (AvgIpc) is 2.51. The molecule has 0 spiro atoms. The summed E-state index contributed by atoms with van der Waals surface area (Å²) in [5.41, 5.74) is 6.81. The van der Waals surface area contributed by atoms with E-state index in [4.69, 9.17) is 10.5 Å². The molecule has 0 amide bonds. The van der Waals surface area contributed by atoms with E-state index in [1.54, 1.807) is 18.2 Å². The summed E-state index contributed by atoms with van der Waals surface area (Å²) in [5.74, 6) is 0.781. The number of ether oxygens (including phenoxy) is 1. The lowest BCUT2D eigenvalue weighted by Crippen LogP contribution is -2.23. The van der Waals surface area contributed by atoms with Crippen LogP contribution in [-0.4, -0.2) is 16.2 Å². The van der Waals surface area contributed by atoms with Gasteiger partial charge in [0.15, 0.2) is 0 Å². The first-order valence-corrected chi connectivity index (χ1v) is 6.66. The predicted octanol–water partition coefficient (Wildman–Crippen LogP) is 2.06. The Morgan fingerprint density at radius 2 is 1.95 bits per heavy atom. The molecule has 0 aliphatic heterocycles. The van der Waals surface area contributed by atoms with E-state index in [-0.39, 0.29) is 5.56 Å². The highest BCUT2D eigenvalue weighted by Crippen LogP contribution is 2.11. The van der Waals surface area contributed by atoms with Crippen molar-refractivity contribution < 1.29 is 4.74 Å². The Labute approximate surface area is 121 Å². The minimum Gasteiger partial charge on any atom is -0.492 e. The van der Waals surface area contributed by atoms with E-state index >= 15 is 0 Å². The molecule has 0 atom stereocenters.